The molecule has 9 N–H and O–H groups in total. The Balaban J connectivity index is 1.38. The summed E-state index contributed by atoms with van der Waals surface area (Å²) >= 11 is 6.31. The van der Waals surface area contributed by atoms with Crippen molar-refractivity contribution in [3.63, 3.8) is 0 Å². The lowest BCUT2D eigenvalue weighted by Gasteiger charge is -2.14. The van der Waals surface area contributed by atoms with Gasteiger partial charge in [-0.25, -0.2) is 14.4 Å². The van der Waals surface area contributed by atoms with Crippen LogP contribution in [0.2, 0.25) is 5.02 Å². The van der Waals surface area contributed by atoms with Crippen LogP contribution in [-0.2, 0) is 11.2 Å². The van der Waals surface area contributed by atoms with Gasteiger partial charge in [0.1, 0.15) is 0 Å². The van der Waals surface area contributed by atoms with Crippen LogP contribution >= 0.6 is 11.6 Å². The second-order valence-corrected chi connectivity index (χ2v) is 10.4. The summed E-state index contributed by atoms with van der Waals surface area (Å²) in [6.45, 7) is 2.85. The SMILES string of the molecule is CCc1cc(Nc2nccn3c(-c4ccc(OC)c(F)c4Cl)cnc23)ccc1C(=O)NCCNC(=O)[C@H](N)CCCNC(=N)N. The molecule has 0 fully saturated rings. The number of carbonyl (C=O) groups excluding carboxylic acids is 2. The lowest BCUT2D eigenvalue weighted by Crippen LogP contribution is -2.44. The number of nitrogens with one attached hydrogen (secondary N) is 5. The minimum Gasteiger partial charge on any atom is -0.494 e. The lowest BCUT2D eigenvalue weighted by molar-refractivity contribution is -0.122. The first-order valence-corrected chi connectivity index (χ1v) is 14.7. The predicted octanol–water partition coefficient (Wildman–Crippen LogP) is 2.94. The molecule has 1 atom stereocenters. The Labute approximate surface area is 264 Å². The number of hydrogen-bond acceptors (Lipinski definition) is 8. The molecule has 2 amide bonds. The van der Waals surface area contributed by atoms with Gasteiger partial charge in [0, 0.05) is 48.8 Å². The molecule has 0 unspecified atom stereocenters. The monoisotopic (exact) mass is 638 g/mol. The third-order valence-corrected chi connectivity index (χ3v) is 7.39. The normalized spacial score (nSPS) is 11.6. The first-order chi connectivity index (χ1) is 21.6. The highest BCUT2D eigenvalue weighted by Gasteiger charge is 2.19. The van der Waals surface area contributed by atoms with Crippen molar-refractivity contribution in [2.75, 3.05) is 32.1 Å². The van der Waals surface area contributed by atoms with Gasteiger partial charge in [0.15, 0.2) is 29.0 Å². The van der Waals surface area contributed by atoms with Crippen molar-refractivity contribution in [2.45, 2.75) is 32.2 Å². The summed E-state index contributed by atoms with van der Waals surface area (Å²) in [7, 11) is 1.37. The maximum Gasteiger partial charge on any atom is 0.251 e. The number of fused-ring (bicyclic) bond motifs is 1. The van der Waals surface area contributed by atoms with Gasteiger partial charge in [-0.1, -0.05) is 18.5 Å². The molecule has 2 aromatic carbocycles. The standard InChI is InChI=1S/C30H36ClFN10O3/c1-3-17-15-18(6-7-19(17)28(43)37-11-12-38-29(44)21(33)5-4-10-39-30(34)35)41-26-27-40-16-22(42(27)14-13-36-26)20-8-9-23(45-2)25(32)24(20)31/h6-9,13-16,21H,3-5,10-12,33H2,1-2H3,(H,36,41)(H,37,43)(H,38,44)(H4,34,35,39)/t21-/m1/s1. The fraction of sp³-hybridized carbons (Fsp3) is 0.300. The Morgan fingerprint density at radius 2 is 1.91 bits per heavy atom. The number of imidazole rings is 1. The summed E-state index contributed by atoms with van der Waals surface area (Å²) in [6, 6.07) is 7.82. The zero-order valence-electron chi connectivity index (χ0n) is 24.9. The molecule has 0 aliphatic heterocycles. The van der Waals surface area contributed by atoms with Crippen molar-refractivity contribution in [1.82, 2.24) is 30.3 Å². The Hall–Kier alpha value is -4.95. The number of ether oxygens (including phenoxy) is 1. The molecular weight excluding hydrogens is 603 g/mol. The van der Waals surface area contributed by atoms with Crippen LogP contribution in [0.4, 0.5) is 15.9 Å². The van der Waals surface area contributed by atoms with Crippen molar-refractivity contribution >= 4 is 46.5 Å². The number of aromatic nitrogens is 3. The fourth-order valence-corrected chi connectivity index (χ4v) is 4.93. The van der Waals surface area contributed by atoms with E-state index in [2.05, 4.69) is 31.2 Å². The highest BCUT2D eigenvalue weighted by molar-refractivity contribution is 6.33. The Morgan fingerprint density at radius 3 is 2.64 bits per heavy atom. The quantitative estimate of drug-likeness (QED) is 0.0616. The highest BCUT2D eigenvalue weighted by atomic mass is 35.5. The van der Waals surface area contributed by atoms with Gasteiger partial charge in [-0.15, -0.1) is 0 Å². The molecule has 0 aliphatic rings. The van der Waals surface area contributed by atoms with Gasteiger partial charge in [0.25, 0.3) is 5.91 Å². The van der Waals surface area contributed by atoms with Crippen LogP contribution in [-0.4, -0.2) is 64.9 Å². The van der Waals surface area contributed by atoms with Gasteiger partial charge >= 0.3 is 0 Å². The van der Waals surface area contributed by atoms with E-state index in [1.165, 1.54) is 13.2 Å². The molecule has 0 aliphatic carbocycles. The van der Waals surface area contributed by atoms with Crippen LogP contribution in [0.5, 0.6) is 5.75 Å². The first kappa shape index (κ1) is 33.0. The van der Waals surface area contributed by atoms with E-state index >= 15 is 0 Å². The molecule has 2 aromatic heterocycles. The minimum absolute atomic E-state index is 0.0461. The largest absolute Gasteiger partial charge is 0.494 e. The number of hydrogen-bond donors (Lipinski definition) is 7. The number of amides is 2. The molecule has 13 nitrogen and oxygen atoms in total. The first-order valence-electron chi connectivity index (χ1n) is 14.3. The average Bonchev–Trinajstić information content (AvgIpc) is 3.47. The van der Waals surface area contributed by atoms with E-state index < -0.39 is 11.9 Å². The van der Waals surface area contributed by atoms with E-state index in [-0.39, 0.29) is 41.6 Å². The van der Waals surface area contributed by atoms with Crippen molar-refractivity contribution < 1.29 is 18.7 Å². The number of nitrogens with zero attached hydrogens (tertiary/aromatic N) is 3. The van der Waals surface area contributed by atoms with E-state index in [0.717, 1.165) is 5.56 Å². The summed E-state index contributed by atoms with van der Waals surface area (Å²) in [5.41, 5.74) is 14.7. The maximum absolute atomic E-state index is 14.6. The molecule has 238 valence electrons. The average molecular weight is 639 g/mol. The number of guanidine groups is 1. The number of benzene rings is 2. The van der Waals surface area contributed by atoms with E-state index in [4.69, 9.17) is 33.2 Å². The summed E-state index contributed by atoms with van der Waals surface area (Å²) in [5, 5.41) is 18.5. The van der Waals surface area contributed by atoms with Gasteiger partial charge < -0.3 is 37.5 Å². The van der Waals surface area contributed by atoms with Crippen LogP contribution in [0.1, 0.15) is 35.7 Å². The number of halogens is 2. The van der Waals surface area contributed by atoms with Crippen molar-refractivity contribution in [1.29, 1.82) is 5.41 Å². The lowest BCUT2D eigenvalue weighted by atomic mass is 10.0. The fourth-order valence-electron chi connectivity index (χ4n) is 4.68. The van der Waals surface area contributed by atoms with Crippen LogP contribution < -0.4 is 37.5 Å². The number of rotatable bonds is 14. The number of aryl methyl sites for hydroxylation is 1. The summed E-state index contributed by atoms with van der Waals surface area (Å²) in [5.74, 6) is -0.869. The molecule has 0 saturated carbocycles. The third kappa shape index (κ3) is 7.96. The molecular formula is C30H36ClFN10O3. The molecule has 2 heterocycles. The number of anilines is 2. The molecule has 45 heavy (non-hydrogen) atoms. The number of carbonyl (C=O) groups is 2. The van der Waals surface area contributed by atoms with Crippen molar-refractivity contribution in [3.8, 4) is 17.0 Å². The van der Waals surface area contributed by atoms with Crippen molar-refractivity contribution in [2.24, 2.45) is 11.5 Å². The van der Waals surface area contributed by atoms with Gasteiger partial charge in [-0.2, -0.15) is 0 Å². The van der Waals surface area contributed by atoms with Gasteiger partial charge in [0.2, 0.25) is 5.91 Å². The van der Waals surface area contributed by atoms with Crippen LogP contribution in [0.25, 0.3) is 16.9 Å². The molecule has 0 bridgehead atoms. The van der Waals surface area contributed by atoms with Crippen molar-refractivity contribution in [3.05, 3.63) is 70.9 Å². The molecule has 0 spiro atoms. The van der Waals surface area contributed by atoms with Crippen LogP contribution in [0, 0.1) is 11.2 Å². The highest BCUT2D eigenvalue weighted by Crippen LogP contribution is 2.35. The Bertz CT molecular complexity index is 1700. The molecule has 4 rings (SSSR count). The van der Waals surface area contributed by atoms with Crippen LogP contribution in [0.3, 0.4) is 0 Å². The topological polar surface area (TPSA) is 198 Å². The van der Waals surface area contributed by atoms with E-state index in [1.807, 2.05) is 13.0 Å². The van der Waals surface area contributed by atoms with E-state index in [0.29, 0.717) is 59.8 Å². The summed E-state index contributed by atoms with van der Waals surface area (Å²) in [6.07, 6.45) is 6.50. The smallest absolute Gasteiger partial charge is 0.251 e. The van der Waals surface area contributed by atoms with Gasteiger partial charge in [0.05, 0.1) is 30.1 Å². The molecule has 0 saturated heterocycles. The molecule has 0 radical (unpaired) electrons. The third-order valence-electron chi connectivity index (χ3n) is 7.02. The molecule has 15 heteroatoms. The maximum atomic E-state index is 14.6. The van der Waals surface area contributed by atoms with Crippen LogP contribution in [0.15, 0.2) is 48.9 Å². The Morgan fingerprint density at radius 1 is 1.13 bits per heavy atom. The Kier molecular flexibility index (Phi) is 11.1. The van der Waals surface area contributed by atoms with E-state index in [9.17, 15) is 14.0 Å². The zero-order chi connectivity index (χ0) is 32.5. The molecule has 4 aromatic rings. The van der Waals surface area contributed by atoms with E-state index in [1.54, 1.807) is 41.2 Å². The summed E-state index contributed by atoms with van der Waals surface area (Å²) < 4.78 is 21.4. The second kappa shape index (κ2) is 15.2. The van der Waals surface area contributed by atoms with Gasteiger partial charge in [-0.05, 0) is 55.2 Å². The number of methoxy groups -OCH3 is 1. The predicted molar refractivity (Wildman–Crippen MR) is 172 cm³/mol. The number of nitrogens with two attached hydrogens (primary N) is 2. The second-order valence-electron chi connectivity index (χ2n) is 10.0. The minimum atomic E-state index is -0.696. The summed E-state index contributed by atoms with van der Waals surface area (Å²) in [4.78, 5) is 34.1. The van der Waals surface area contributed by atoms with Gasteiger partial charge in [-0.3, -0.25) is 19.4 Å². The zero-order valence-corrected chi connectivity index (χ0v) is 25.7.